The summed E-state index contributed by atoms with van der Waals surface area (Å²) in [5, 5.41) is 0. The zero-order valence-corrected chi connectivity index (χ0v) is 14.0. The van der Waals surface area contributed by atoms with Crippen molar-refractivity contribution in [3.8, 4) is 0 Å². The summed E-state index contributed by atoms with van der Waals surface area (Å²) in [7, 11) is 6.32. The van der Waals surface area contributed by atoms with Crippen molar-refractivity contribution in [2.75, 3.05) is 39.1 Å². The molecule has 0 unspecified atom stereocenters. The van der Waals surface area contributed by atoms with Crippen LogP contribution >= 0.6 is 24.4 Å². The van der Waals surface area contributed by atoms with Gasteiger partial charge in [0, 0.05) is 19.2 Å². The van der Waals surface area contributed by atoms with E-state index >= 15 is 0 Å². The van der Waals surface area contributed by atoms with Crippen molar-refractivity contribution in [3.05, 3.63) is 14.6 Å². The molecule has 4 heteroatoms. The molecule has 0 heterocycles. The molecule has 102 valence electrons. The normalized spacial score (nSPS) is 12.4. The topological polar surface area (TPSA) is 6.48 Å². The first kappa shape index (κ1) is 15.7. The van der Waals surface area contributed by atoms with E-state index in [1.54, 1.807) is 0 Å². The molecular formula is C14H24N2S2. The molecule has 1 aromatic carbocycles. The summed E-state index contributed by atoms with van der Waals surface area (Å²) in [4.78, 5) is 4.47. The fraction of sp³-hybridized carbons (Fsp3) is 0.714. The molecule has 0 bridgehead atoms. The molecule has 0 saturated carbocycles. The van der Waals surface area contributed by atoms with Crippen LogP contribution in [0.1, 0.15) is 32.8 Å². The van der Waals surface area contributed by atoms with Crippen LogP contribution in [0.5, 0.6) is 0 Å². The summed E-state index contributed by atoms with van der Waals surface area (Å²) in [6, 6.07) is 0. The van der Waals surface area contributed by atoms with Gasteiger partial charge >= 0.3 is 0 Å². The summed E-state index contributed by atoms with van der Waals surface area (Å²) in [6.45, 7) is 8.72. The number of nitrogens with zero attached hydrogens (tertiary/aromatic N) is 2. The molecule has 0 amide bonds. The molecule has 0 N–H and O–H groups in total. The lowest BCUT2D eigenvalue weighted by molar-refractivity contribution is 0.401. The quantitative estimate of drug-likeness (QED) is 0.760. The van der Waals surface area contributed by atoms with Gasteiger partial charge in [0.15, 0.2) is 0 Å². The van der Waals surface area contributed by atoms with Gasteiger partial charge in [-0.05, 0) is 32.5 Å². The second kappa shape index (κ2) is 5.76. The highest BCUT2D eigenvalue weighted by atomic mass is 32.1. The lowest BCUT2D eigenvalue weighted by Crippen LogP contribution is -2.29. The Morgan fingerprint density at radius 1 is 0.944 bits per heavy atom. The number of hydrogen-bond donors (Lipinski definition) is 0. The van der Waals surface area contributed by atoms with E-state index < -0.39 is 0 Å². The molecule has 1 aromatic rings. The molecule has 0 aromatic heterocycles. The Balaban J connectivity index is 2.82. The van der Waals surface area contributed by atoms with Gasteiger partial charge in [-0.2, -0.15) is 0 Å². The van der Waals surface area contributed by atoms with Crippen molar-refractivity contribution < 1.29 is 0 Å². The Bertz CT molecular complexity index is 477. The molecule has 0 aliphatic heterocycles. The van der Waals surface area contributed by atoms with E-state index in [0.29, 0.717) is 0 Å². The summed E-state index contributed by atoms with van der Waals surface area (Å²) < 4.78 is 1.77. The van der Waals surface area contributed by atoms with E-state index in [-0.39, 0.29) is 5.41 Å². The second-order valence-corrected chi connectivity index (χ2v) is 7.03. The smallest absolute Gasteiger partial charge is 0.0798 e. The Labute approximate surface area is 121 Å². The monoisotopic (exact) mass is 284 g/mol. The minimum atomic E-state index is 0.0878. The molecule has 1 rings (SSSR count). The van der Waals surface area contributed by atoms with Gasteiger partial charge in [-0.25, -0.2) is 0 Å². The third-order valence-electron chi connectivity index (χ3n) is 3.12. The summed E-state index contributed by atoms with van der Waals surface area (Å²) >= 11 is 10.8. The predicted octanol–water partition coefficient (Wildman–Crippen LogP) is 3.71. The Morgan fingerprint density at radius 3 is 1.94 bits per heavy atom. The van der Waals surface area contributed by atoms with Gasteiger partial charge in [0.05, 0.1) is 14.7 Å². The third-order valence-corrected chi connectivity index (χ3v) is 4.05. The van der Waals surface area contributed by atoms with Crippen LogP contribution in [0, 0.1) is 9.02 Å². The molecule has 0 spiro atoms. The van der Waals surface area contributed by atoms with Crippen LogP contribution in [0.25, 0.3) is 0 Å². The van der Waals surface area contributed by atoms with Gasteiger partial charge in [0.1, 0.15) is 0 Å². The highest BCUT2D eigenvalue weighted by Crippen LogP contribution is 2.38. The zero-order chi connectivity index (χ0) is 14.1. The molecule has 0 saturated heterocycles. The van der Waals surface area contributed by atoms with Gasteiger partial charge in [-0.3, -0.25) is 0 Å². The highest BCUT2D eigenvalue weighted by Gasteiger charge is 2.27. The van der Waals surface area contributed by atoms with Crippen molar-refractivity contribution in [1.29, 1.82) is 0 Å². The van der Waals surface area contributed by atoms with Crippen LogP contribution < -0.4 is 4.90 Å². The molecular weight excluding hydrogens is 260 g/mol. The SMILES string of the molecule is CN(C)CCCN(C)c1c(C(C)(C)C)c(=S)c1=S. The maximum Gasteiger partial charge on any atom is 0.0798 e. The van der Waals surface area contributed by atoms with Crippen molar-refractivity contribution in [1.82, 2.24) is 4.90 Å². The molecule has 0 fully saturated rings. The maximum absolute atomic E-state index is 5.40. The molecule has 0 radical (unpaired) electrons. The van der Waals surface area contributed by atoms with Crippen molar-refractivity contribution in [2.45, 2.75) is 32.6 Å². The van der Waals surface area contributed by atoms with Crippen LogP contribution in [0.2, 0.25) is 0 Å². The van der Waals surface area contributed by atoms with Crippen LogP contribution in [0.3, 0.4) is 0 Å². The minimum absolute atomic E-state index is 0.0878. The largest absolute Gasteiger partial charge is 0.373 e. The standard InChI is InChI=1S/C14H24N2S2/c1-14(2,3)10-11(13(18)12(10)17)16(6)9-7-8-15(4)5/h7-9H2,1-6H3. The summed E-state index contributed by atoms with van der Waals surface area (Å²) in [6.07, 6.45) is 1.14. The Hall–Kier alpha value is -0.320. The van der Waals surface area contributed by atoms with E-state index in [4.69, 9.17) is 24.4 Å². The summed E-state index contributed by atoms with van der Waals surface area (Å²) in [5.74, 6) is 0. The number of rotatable bonds is 5. The minimum Gasteiger partial charge on any atom is -0.373 e. The van der Waals surface area contributed by atoms with E-state index in [0.717, 1.165) is 28.5 Å². The lowest BCUT2D eigenvalue weighted by atomic mass is 9.83. The molecule has 0 atom stereocenters. The van der Waals surface area contributed by atoms with Crippen LogP contribution in [-0.4, -0.2) is 39.1 Å². The average Bonchev–Trinajstić information content (AvgIpc) is 2.21. The van der Waals surface area contributed by atoms with Crippen molar-refractivity contribution in [3.63, 3.8) is 0 Å². The van der Waals surface area contributed by atoms with Crippen LogP contribution in [0.15, 0.2) is 0 Å². The van der Waals surface area contributed by atoms with Gasteiger partial charge in [-0.15, -0.1) is 0 Å². The van der Waals surface area contributed by atoms with Gasteiger partial charge < -0.3 is 9.80 Å². The van der Waals surface area contributed by atoms with E-state index in [9.17, 15) is 0 Å². The van der Waals surface area contributed by atoms with E-state index in [1.165, 1.54) is 11.3 Å². The third kappa shape index (κ3) is 3.37. The van der Waals surface area contributed by atoms with Gasteiger partial charge in [-0.1, -0.05) is 45.2 Å². The summed E-state index contributed by atoms with van der Waals surface area (Å²) in [5.41, 5.74) is 2.54. The lowest BCUT2D eigenvalue weighted by Gasteiger charge is -2.32. The van der Waals surface area contributed by atoms with Gasteiger partial charge in [0.25, 0.3) is 0 Å². The van der Waals surface area contributed by atoms with Crippen molar-refractivity contribution >= 4 is 30.1 Å². The number of hydrogen-bond acceptors (Lipinski definition) is 4. The Morgan fingerprint density at radius 2 is 1.50 bits per heavy atom. The van der Waals surface area contributed by atoms with E-state index in [2.05, 4.69) is 51.7 Å². The van der Waals surface area contributed by atoms with Crippen LogP contribution in [-0.2, 0) is 5.41 Å². The molecule has 2 nitrogen and oxygen atoms in total. The maximum atomic E-state index is 5.40. The van der Waals surface area contributed by atoms with Gasteiger partial charge in [0.2, 0.25) is 0 Å². The average molecular weight is 284 g/mol. The molecule has 18 heavy (non-hydrogen) atoms. The predicted molar refractivity (Wildman–Crippen MR) is 85.6 cm³/mol. The fourth-order valence-corrected chi connectivity index (χ4v) is 3.04. The Kier molecular flexibility index (Phi) is 5.04. The zero-order valence-electron chi connectivity index (χ0n) is 12.3. The first-order valence-electron chi connectivity index (χ1n) is 6.36. The molecule has 0 aliphatic carbocycles. The van der Waals surface area contributed by atoms with E-state index in [1.807, 2.05) is 0 Å². The highest BCUT2D eigenvalue weighted by molar-refractivity contribution is 7.74. The second-order valence-electron chi connectivity index (χ2n) is 6.21. The molecule has 0 aliphatic rings. The number of anilines is 1. The van der Waals surface area contributed by atoms with Crippen LogP contribution in [0.4, 0.5) is 5.69 Å². The first-order valence-corrected chi connectivity index (χ1v) is 7.17. The fourth-order valence-electron chi connectivity index (χ4n) is 2.18. The van der Waals surface area contributed by atoms with Crippen molar-refractivity contribution in [2.24, 2.45) is 0 Å². The first-order chi connectivity index (χ1) is 8.16.